The van der Waals surface area contributed by atoms with Gasteiger partial charge in [0.05, 0.1) is 18.1 Å². The van der Waals surface area contributed by atoms with Gasteiger partial charge < -0.3 is 21.1 Å². The lowest BCUT2D eigenvalue weighted by molar-refractivity contribution is -0.145. The molecule has 2 aromatic heterocycles. The van der Waals surface area contributed by atoms with Crippen molar-refractivity contribution in [2.45, 2.75) is 38.8 Å². The average molecular weight is 581 g/mol. The van der Waals surface area contributed by atoms with Crippen LogP contribution in [0.3, 0.4) is 0 Å². The minimum Gasteiger partial charge on any atom is -0.469 e. The minimum absolute atomic E-state index is 0.0189. The lowest BCUT2D eigenvalue weighted by Gasteiger charge is -2.51. The molecule has 0 aliphatic heterocycles. The van der Waals surface area contributed by atoms with E-state index < -0.39 is 17.8 Å². The molecule has 2 heterocycles. The predicted molar refractivity (Wildman–Crippen MR) is 154 cm³/mol. The van der Waals surface area contributed by atoms with Gasteiger partial charge in [0.2, 0.25) is 0 Å². The van der Waals surface area contributed by atoms with E-state index in [-0.39, 0.29) is 28.9 Å². The smallest absolute Gasteiger partial charge is 0.416 e. The summed E-state index contributed by atoms with van der Waals surface area (Å²) in [6.07, 6.45) is -3.38. The van der Waals surface area contributed by atoms with Crippen molar-refractivity contribution in [1.29, 1.82) is 0 Å². The molecule has 5 rings (SSSR count). The highest BCUT2D eigenvalue weighted by Gasteiger charge is 2.50. The Bertz CT molecular complexity index is 1660. The number of nitrogen functional groups attached to an aromatic ring is 1. The number of hydrogen-bond acceptors (Lipinski definition) is 6. The van der Waals surface area contributed by atoms with Crippen LogP contribution in [0, 0.1) is 11.3 Å². The van der Waals surface area contributed by atoms with E-state index in [1.54, 1.807) is 23.9 Å². The molecule has 220 valence electrons. The van der Waals surface area contributed by atoms with Crippen LogP contribution in [0.1, 0.15) is 43.9 Å². The lowest BCUT2D eigenvalue weighted by Crippen LogP contribution is -2.44. The topological polar surface area (TPSA) is 124 Å². The van der Waals surface area contributed by atoms with Crippen LogP contribution in [-0.2, 0) is 22.8 Å². The molecule has 4 N–H and O–H groups in total. The van der Waals surface area contributed by atoms with E-state index in [1.165, 1.54) is 19.2 Å². The number of nitrogens with two attached hydrogens (primary N) is 1. The Morgan fingerprint density at radius 3 is 2.43 bits per heavy atom. The Balaban J connectivity index is 1.39. The first-order chi connectivity index (χ1) is 19.8. The van der Waals surface area contributed by atoms with Crippen molar-refractivity contribution in [1.82, 2.24) is 14.8 Å². The fourth-order valence-corrected chi connectivity index (χ4v) is 5.65. The number of ether oxygens (including phenoxy) is 1. The van der Waals surface area contributed by atoms with Crippen molar-refractivity contribution in [3.05, 3.63) is 65.9 Å². The number of aromatic nitrogens is 3. The summed E-state index contributed by atoms with van der Waals surface area (Å²) in [5.74, 6) is 0.375. The van der Waals surface area contributed by atoms with Crippen LogP contribution < -0.4 is 16.4 Å². The van der Waals surface area contributed by atoms with Crippen LogP contribution in [0.5, 0.6) is 0 Å². The number of rotatable bonds is 6. The Kier molecular flexibility index (Phi) is 7.33. The number of esters is 1. The van der Waals surface area contributed by atoms with E-state index in [0.29, 0.717) is 29.0 Å². The molecule has 0 radical (unpaired) electrons. The first kappa shape index (κ1) is 28.9. The number of halogens is 3. The number of nitrogens with one attached hydrogen (secondary N) is 2. The molecule has 1 aliphatic carbocycles. The van der Waals surface area contributed by atoms with Gasteiger partial charge in [-0.25, -0.2) is 14.5 Å². The van der Waals surface area contributed by atoms with Crippen molar-refractivity contribution in [2.75, 3.05) is 23.5 Å². The third-order valence-corrected chi connectivity index (χ3v) is 8.21. The highest BCUT2D eigenvalue weighted by Crippen LogP contribution is 2.58. The molecular formula is C30H31F3N6O3. The highest BCUT2D eigenvalue weighted by atomic mass is 19.4. The molecule has 0 bridgehead atoms. The zero-order valence-corrected chi connectivity index (χ0v) is 23.5. The van der Waals surface area contributed by atoms with Gasteiger partial charge in [-0.3, -0.25) is 4.79 Å². The van der Waals surface area contributed by atoms with E-state index in [1.807, 2.05) is 18.2 Å². The molecule has 0 saturated heterocycles. The van der Waals surface area contributed by atoms with Gasteiger partial charge in [-0.1, -0.05) is 32.0 Å². The Morgan fingerprint density at radius 2 is 1.79 bits per heavy atom. The summed E-state index contributed by atoms with van der Waals surface area (Å²) in [6.45, 7) is 4.26. The number of alkyl halides is 3. The summed E-state index contributed by atoms with van der Waals surface area (Å²) in [6, 6.07) is 12.8. The van der Waals surface area contributed by atoms with Gasteiger partial charge in [-0.05, 0) is 65.3 Å². The average Bonchev–Trinajstić information content (AvgIpc) is 3.23. The number of methoxy groups -OCH3 is 1. The number of fused-ring (bicyclic) bond motifs is 1. The maximum Gasteiger partial charge on any atom is 0.416 e. The van der Waals surface area contributed by atoms with E-state index in [2.05, 4.69) is 29.6 Å². The van der Waals surface area contributed by atoms with Crippen LogP contribution in [0.25, 0.3) is 22.2 Å². The maximum atomic E-state index is 13.0. The van der Waals surface area contributed by atoms with Crippen molar-refractivity contribution in [2.24, 2.45) is 18.4 Å². The second-order valence-electron chi connectivity index (χ2n) is 11.1. The molecule has 4 aromatic rings. The summed E-state index contributed by atoms with van der Waals surface area (Å²) in [5.41, 5.74) is 8.85. The molecule has 1 fully saturated rings. The summed E-state index contributed by atoms with van der Waals surface area (Å²) in [4.78, 5) is 29.3. The third kappa shape index (κ3) is 5.48. The number of hydrogen-bond donors (Lipinski definition) is 3. The highest BCUT2D eigenvalue weighted by molar-refractivity contribution is 6.02. The van der Waals surface area contributed by atoms with E-state index in [0.717, 1.165) is 35.4 Å². The third-order valence-electron chi connectivity index (χ3n) is 8.21. The molecule has 42 heavy (non-hydrogen) atoms. The number of nitrogens with zero attached hydrogens (tertiary/aromatic N) is 3. The first-order valence-corrected chi connectivity index (χ1v) is 13.3. The number of carbonyl (C=O) groups is 2. The normalized spacial score (nSPS) is 17.9. The lowest BCUT2D eigenvalue weighted by atomic mass is 9.53. The Hall–Kier alpha value is -4.61. The fourth-order valence-electron chi connectivity index (χ4n) is 5.65. The van der Waals surface area contributed by atoms with Crippen LogP contribution in [-0.4, -0.2) is 33.9 Å². The summed E-state index contributed by atoms with van der Waals surface area (Å²) in [7, 11) is 3.17. The van der Waals surface area contributed by atoms with Gasteiger partial charge >= 0.3 is 18.2 Å². The standard InChI is InChI=1S/C30H31F3N6O3/c1-29(2)18(14-24(40)42-4)13-22(29)23-15-21(25-26(34)38-39(3)27(25)37-23)16-8-10-19(11-9-16)35-28(41)36-20-7-5-6-17(12-20)30(31,32)33/h5-12,15,18,22H,13-14H2,1-4H3,(H2,34,38)(H2,35,36,41). The van der Waals surface area contributed by atoms with E-state index in [9.17, 15) is 22.8 Å². The van der Waals surface area contributed by atoms with E-state index >= 15 is 0 Å². The van der Waals surface area contributed by atoms with Gasteiger partial charge in [-0.15, -0.1) is 0 Å². The Morgan fingerprint density at radius 1 is 1.10 bits per heavy atom. The van der Waals surface area contributed by atoms with Crippen molar-refractivity contribution < 1.29 is 27.5 Å². The van der Waals surface area contributed by atoms with E-state index in [4.69, 9.17) is 15.5 Å². The van der Waals surface area contributed by atoms with Crippen molar-refractivity contribution >= 4 is 40.2 Å². The number of carbonyl (C=O) groups excluding carboxylic acids is 2. The molecule has 1 aliphatic rings. The van der Waals surface area contributed by atoms with Gasteiger partial charge in [0.15, 0.2) is 11.5 Å². The van der Waals surface area contributed by atoms with Gasteiger partial charge in [0, 0.05) is 36.5 Å². The number of aryl methyl sites for hydroxylation is 1. The number of benzene rings is 2. The molecule has 2 aromatic carbocycles. The van der Waals surface area contributed by atoms with Crippen molar-refractivity contribution in [3.63, 3.8) is 0 Å². The molecular weight excluding hydrogens is 549 g/mol. The second-order valence-corrected chi connectivity index (χ2v) is 11.1. The van der Waals surface area contributed by atoms with Crippen LogP contribution in [0.4, 0.5) is 35.2 Å². The SMILES string of the molecule is COC(=O)CC1CC(c2cc(-c3ccc(NC(=O)Nc4cccc(C(F)(F)F)c4)cc3)c3c(N)nn(C)c3n2)C1(C)C. The largest absolute Gasteiger partial charge is 0.469 e. The van der Waals surface area contributed by atoms with Gasteiger partial charge in [-0.2, -0.15) is 18.3 Å². The van der Waals surface area contributed by atoms with Gasteiger partial charge in [0.25, 0.3) is 0 Å². The molecule has 2 amide bonds. The summed E-state index contributed by atoms with van der Waals surface area (Å²) >= 11 is 0. The predicted octanol–water partition coefficient (Wildman–Crippen LogP) is 6.57. The zero-order chi connectivity index (χ0) is 30.4. The second kappa shape index (κ2) is 10.7. The van der Waals surface area contributed by atoms with Crippen LogP contribution in [0.2, 0.25) is 0 Å². The Labute approximate surface area is 240 Å². The molecule has 2 unspecified atom stereocenters. The molecule has 1 saturated carbocycles. The quantitative estimate of drug-likeness (QED) is 0.222. The number of anilines is 3. The number of amides is 2. The number of urea groups is 1. The van der Waals surface area contributed by atoms with Crippen molar-refractivity contribution in [3.8, 4) is 11.1 Å². The summed E-state index contributed by atoms with van der Waals surface area (Å²) in [5, 5.41) is 10.1. The molecule has 12 heteroatoms. The van der Waals surface area contributed by atoms with Crippen LogP contribution in [0.15, 0.2) is 54.6 Å². The first-order valence-electron chi connectivity index (χ1n) is 13.3. The minimum atomic E-state index is -4.51. The molecule has 2 atom stereocenters. The summed E-state index contributed by atoms with van der Waals surface area (Å²) < 4.78 is 45.5. The number of pyridine rings is 1. The molecule has 0 spiro atoms. The maximum absolute atomic E-state index is 13.0. The zero-order valence-electron chi connectivity index (χ0n) is 23.5. The fraction of sp³-hybridized carbons (Fsp3) is 0.333. The van der Waals surface area contributed by atoms with Gasteiger partial charge in [0.1, 0.15) is 0 Å². The molecule has 9 nitrogen and oxygen atoms in total. The van der Waals surface area contributed by atoms with Crippen LogP contribution >= 0.6 is 0 Å². The monoisotopic (exact) mass is 580 g/mol.